The molecule has 0 spiro atoms. The molecule has 0 amide bonds. The second-order valence-corrected chi connectivity index (χ2v) is 5.31. The molecule has 6 nitrogen and oxygen atoms in total. The van der Waals surface area contributed by atoms with Gasteiger partial charge in [0.1, 0.15) is 0 Å². The molecule has 0 unspecified atom stereocenters. The predicted octanol–water partition coefficient (Wildman–Crippen LogP) is 2.79. The highest BCUT2D eigenvalue weighted by molar-refractivity contribution is 6.31. The number of benzene rings is 1. The molecule has 3 rings (SSSR count). The summed E-state index contributed by atoms with van der Waals surface area (Å²) in [5, 5.41) is 4.44. The Morgan fingerprint density at radius 3 is 2.81 bits per heavy atom. The lowest BCUT2D eigenvalue weighted by Gasteiger charge is -2.28. The molecule has 0 atom stereocenters. The number of rotatable bonds is 5. The van der Waals surface area contributed by atoms with Crippen LogP contribution in [0.2, 0.25) is 5.02 Å². The molecule has 1 fully saturated rings. The van der Waals surface area contributed by atoms with Gasteiger partial charge in [-0.15, -0.1) is 0 Å². The van der Waals surface area contributed by atoms with Gasteiger partial charge in [0.05, 0.1) is 25.3 Å². The molecule has 1 saturated carbocycles. The van der Waals surface area contributed by atoms with Gasteiger partial charge in [-0.1, -0.05) is 16.8 Å². The van der Waals surface area contributed by atoms with Crippen LogP contribution in [-0.2, 0) is 6.54 Å². The number of hydrogen-bond donors (Lipinski definition) is 1. The summed E-state index contributed by atoms with van der Waals surface area (Å²) in [7, 11) is 1.57. The van der Waals surface area contributed by atoms with E-state index in [2.05, 4.69) is 10.1 Å². The average molecular weight is 310 g/mol. The highest BCUT2D eigenvalue weighted by Gasteiger charge is 2.25. The highest BCUT2D eigenvalue weighted by Crippen LogP contribution is 2.42. The van der Waals surface area contributed by atoms with Crippen LogP contribution in [0.5, 0.6) is 11.5 Å². The number of hydrogen-bond acceptors (Lipinski definition) is 6. The first-order valence-electron chi connectivity index (χ1n) is 6.78. The molecule has 1 heterocycles. The number of aromatic nitrogens is 2. The van der Waals surface area contributed by atoms with Crippen LogP contribution in [0.15, 0.2) is 16.7 Å². The molecule has 1 aromatic carbocycles. The van der Waals surface area contributed by atoms with Crippen LogP contribution in [-0.4, -0.2) is 23.4 Å². The Balaban J connectivity index is 2.05. The van der Waals surface area contributed by atoms with Gasteiger partial charge in [0.25, 0.3) is 0 Å². The van der Waals surface area contributed by atoms with Crippen molar-refractivity contribution in [1.82, 2.24) is 10.1 Å². The van der Waals surface area contributed by atoms with E-state index in [4.69, 9.17) is 31.3 Å². The van der Waals surface area contributed by atoms with E-state index in [-0.39, 0.29) is 12.6 Å². The minimum atomic E-state index is 0.184. The molecule has 0 radical (unpaired) electrons. The van der Waals surface area contributed by atoms with Crippen molar-refractivity contribution in [2.75, 3.05) is 7.11 Å². The third-order valence-corrected chi connectivity index (χ3v) is 3.68. The van der Waals surface area contributed by atoms with Crippen molar-refractivity contribution < 1.29 is 14.0 Å². The van der Waals surface area contributed by atoms with E-state index in [1.165, 1.54) is 6.42 Å². The molecule has 1 aliphatic rings. The number of nitrogens with zero attached hydrogens (tertiary/aromatic N) is 2. The van der Waals surface area contributed by atoms with Crippen molar-refractivity contribution >= 4 is 11.6 Å². The fourth-order valence-electron chi connectivity index (χ4n) is 2.11. The zero-order valence-electron chi connectivity index (χ0n) is 11.6. The lowest BCUT2D eigenvalue weighted by molar-refractivity contribution is 0.116. The number of ether oxygens (including phenoxy) is 2. The molecule has 112 valence electrons. The Morgan fingerprint density at radius 1 is 1.43 bits per heavy atom. The van der Waals surface area contributed by atoms with Gasteiger partial charge < -0.3 is 19.7 Å². The van der Waals surface area contributed by atoms with Gasteiger partial charge >= 0.3 is 0 Å². The van der Waals surface area contributed by atoms with E-state index in [9.17, 15) is 0 Å². The molecular formula is C14H16ClN3O3. The number of nitrogens with two attached hydrogens (primary N) is 1. The van der Waals surface area contributed by atoms with Crippen molar-refractivity contribution in [2.24, 2.45) is 5.73 Å². The molecular weight excluding hydrogens is 294 g/mol. The fourth-order valence-corrected chi connectivity index (χ4v) is 2.32. The molecule has 1 aromatic heterocycles. The first-order valence-corrected chi connectivity index (χ1v) is 7.16. The monoisotopic (exact) mass is 309 g/mol. The van der Waals surface area contributed by atoms with E-state index in [1.807, 2.05) is 0 Å². The first-order chi connectivity index (χ1) is 10.2. The summed E-state index contributed by atoms with van der Waals surface area (Å²) in [6.45, 7) is 0.184. The van der Waals surface area contributed by atoms with Gasteiger partial charge in [-0.25, -0.2) is 0 Å². The summed E-state index contributed by atoms with van der Waals surface area (Å²) in [6, 6.07) is 3.45. The van der Waals surface area contributed by atoms with Crippen LogP contribution >= 0.6 is 11.6 Å². The Hall–Kier alpha value is -1.79. The van der Waals surface area contributed by atoms with Gasteiger partial charge in [0.2, 0.25) is 11.7 Å². The van der Waals surface area contributed by atoms with E-state index in [0.29, 0.717) is 33.8 Å². The van der Waals surface area contributed by atoms with E-state index in [1.54, 1.807) is 19.2 Å². The number of methoxy groups -OCH3 is 1. The second kappa shape index (κ2) is 5.91. The van der Waals surface area contributed by atoms with Gasteiger partial charge in [0.15, 0.2) is 11.5 Å². The van der Waals surface area contributed by atoms with Crippen LogP contribution in [0.4, 0.5) is 0 Å². The highest BCUT2D eigenvalue weighted by atomic mass is 35.5. The van der Waals surface area contributed by atoms with Crippen LogP contribution in [0.1, 0.15) is 25.2 Å². The largest absolute Gasteiger partial charge is 0.493 e. The zero-order valence-corrected chi connectivity index (χ0v) is 12.4. The molecule has 0 bridgehead atoms. The van der Waals surface area contributed by atoms with Crippen LogP contribution in [0.25, 0.3) is 11.4 Å². The third-order valence-electron chi connectivity index (χ3n) is 3.46. The average Bonchev–Trinajstić information content (AvgIpc) is 2.91. The van der Waals surface area contributed by atoms with Gasteiger partial charge in [0, 0.05) is 11.1 Å². The standard InChI is InChI=1S/C14H16ClN3O3/c1-19-11-6-8(15)5-10(13(11)20-9-3-2-4-9)14-17-12(7-16)21-18-14/h5-6,9H,2-4,7,16H2,1H3. The van der Waals surface area contributed by atoms with Crippen LogP contribution < -0.4 is 15.2 Å². The lowest BCUT2D eigenvalue weighted by Crippen LogP contribution is -2.25. The van der Waals surface area contributed by atoms with Gasteiger partial charge in [-0.3, -0.25) is 0 Å². The van der Waals surface area contributed by atoms with Crippen molar-refractivity contribution in [3.63, 3.8) is 0 Å². The topological polar surface area (TPSA) is 83.4 Å². The fraction of sp³-hybridized carbons (Fsp3) is 0.429. The summed E-state index contributed by atoms with van der Waals surface area (Å²) < 4.78 is 16.4. The number of halogens is 1. The maximum atomic E-state index is 6.13. The lowest BCUT2D eigenvalue weighted by atomic mass is 9.96. The molecule has 21 heavy (non-hydrogen) atoms. The minimum absolute atomic E-state index is 0.184. The summed E-state index contributed by atoms with van der Waals surface area (Å²) >= 11 is 6.13. The SMILES string of the molecule is COc1cc(Cl)cc(-c2noc(CN)n2)c1OC1CCC1. The van der Waals surface area contributed by atoms with Gasteiger partial charge in [-0.2, -0.15) is 4.98 Å². The summed E-state index contributed by atoms with van der Waals surface area (Å²) in [5.41, 5.74) is 6.15. The second-order valence-electron chi connectivity index (χ2n) is 4.87. The smallest absolute Gasteiger partial charge is 0.240 e. The van der Waals surface area contributed by atoms with Gasteiger partial charge in [-0.05, 0) is 25.3 Å². The van der Waals surface area contributed by atoms with Crippen LogP contribution in [0.3, 0.4) is 0 Å². The molecule has 2 N–H and O–H groups in total. The minimum Gasteiger partial charge on any atom is -0.493 e. The summed E-state index contributed by atoms with van der Waals surface area (Å²) in [4.78, 5) is 4.23. The third kappa shape index (κ3) is 2.82. The van der Waals surface area contributed by atoms with Crippen molar-refractivity contribution in [3.05, 3.63) is 23.0 Å². The molecule has 0 aliphatic heterocycles. The molecule has 1 aliphatic carbocycles. The summed E-state index contributed by atoms with van der Waals surface area (Å²) in [6.07, 6.45) is 3.44. The normalized spacial score (nSPS) is 14.8. The molecule has 7 heteroatoms. The zero-order chi connectivity index (χ0) is 14.8. The Labute approximate surface area is 127 Å². The van der Waals surface area contributed by atoms with E-state index >= 15 is 0 Å². The van der Waals surface area contributed by atoms with Crippen molar-refractivity contribution in [2.45, 2.75) is 31.9 Å². The van der Waals surface area contributed by atoms with E-state index < -0.39 is 0 Å². The van der Waals surface area contributed by atoms with Crippen molar-refractivity contribution in [3.8, 4) is 22.9 Å². The van der Waals surface area contributed by atoms with Crippen LogP contribution in [0, 0.1) is 0 Å². The summed E-state index contributed by atoms with van der Waals surface area (Å²) in [5.74, 6) is 1.91. The quantitative estimate of drug-likeness (QED) is 0.914. The predicted molar refractivity (Wildman–Crippen MR) is 77.5 cm³/mol. The Kier molecular flexibility index (Phi) is 3.98. The molecule has 2 aromatic rings. The molecule has 0 saturated heterocycles. The first kappa shape index (κ1) is 14.2. The maximum absolute atomic E-state index is 6.13. The Bertz CT molecular complexity index is 640. The van der Waals surface area contributed by atoms with E-state index in [0.717, 1.165) is 12.8 Å². The Morgan fingerprint density at radius 2 is 2.24 bits per heavy atom. The maximum Gasteiger partial charge on any atom is 0.240 e. The van der Waals surface area contributed by atoms with Crippen molar-refractivity contribution in [1.29, 1.82) is 0 Å².